The summed E-state index contributed by atoms with van der Waals surface area (Å²) < 4.78 is 21.3. The number of rotatable bonds is 18. The second-order valence-corrected chi connectivity index (χ2v) is 11.5. The highest BCUT2D eigenvalue weighted by molar-refractivity contribution is 6.09. The van der Waals surface area contributed by atoms with Gasteiger partial charge in [-0.05, 0) is 73.7 Å². The zero-order valence-corrected chi connectivity index (χ0v) is 27.6. The molecule has 8 nitrogen and oxygen atoms in total. The Labute approximate surface area is 272 Å². The number of unbranched alkanes of at least 4 members (excludes halogenated alkanes) is 4. The van der Waals surface area contributed by atoms with E-state index in [9.17, 15) is 19.2 Å². The second-order valence-electron chi connectivity index (χ2n) is 11.5. The molecule has 0 fully saturated rings. The van der Waals surface area contributed by atoms with Gasteiger partial charge in [0.1, 0.15) is 5.75 Å². The van der Waals surface area contributed by atoms with Crippen LogP contribution in [0.4, 0.5) is 0 Å². The minimum atomic E-state index is -1.22. The van der Waals surface area contributed by atoms with Gasteiger partial charge in [-0.3, -0.25) is 4.79 Å². The molecule has 0 N–H and O–H groups in total. The van der Waals surface area contributed by atoms with E-state index in [2.05, 4.69) is 6.92 Å². The summed E-state index contributed by atoms with van der Waals surface area (Å²) in [4.78, 5) is 50.1. The Morgan fingerprint density at radius 2 is 1.13 bits per heavy atom. The van der Waals surface area contributed by atoms with Crippen LogP contribution >= 0.6 is 0 Å². The minimum Gasteiger partial charge on any atom is -0.494 e. The summed E-state index contributed by atoms with van der Waals surface area (Å²) >= 11 is 0. The molecular formula is C38H46O8. The van der Waals surface area contributed by atoms with E-state index in [0.29, 0.717) is 17.7 Å². The number of carbonyl (C=O) groups excluding carboxylic acids is 4. The first-order valence-corrected chi connectivity index (χ1v) is 16.2. The second kappa shape index (κ2) is 18.5. The molecule has 0 saturated carbocycles. The number of esters is 3. The largest absolute Gasteiger partial charge is 0.494 e. The first kappa shape index (κ1) is 36.0. The van der Waals surface area contributed by atoms with Gasteiger partial charge in [0.2, 0.25) is 0 Å². The first-order chi connectivity index (χ1) is 22.1. The predicted molar refractivity (Wildman–Crippen MR) is 177 cm³/mol. The third kappa shape index (κ3) is 11.2. The van der Waals surface area contributed by atoms with Gasteiger partial charge in [-0.1, -0.05) is 89.3 Å². The van der Waals surface area contributed by atoms with Crippen molar-refractivity contribution in [1.29, 1.82) is 0 Å². The molecule has 0 aliphatic carbocycles. The van der Waals surface area contributed by atoms with Crippen LogP contribution in [0.1, 0.15) is 99.4 Å². The zero-order valence-electron chi connectivity index (χ0n) is 27.6. The molecular weight excluding hydrogens is 584 g/mol. The summed E-state index contributed by atoms with van der Waals surface area (Å²) in [6, 6.07) is 21.2. The summed E-state index contributed by atoms with van der Waals surface area (Å²) in [6.07, 6.45) is 4.40. The summed E-state index contributed by atoms with van der Waals surface area (Å²) in [5, 5.41) is 0. The van der Waals surface area contributed by atoms with E-state index < -0.39 is 30.1 Å². The summed E-state index contributed by atoms with van der Waals surface area (Å²) in [5.74, 6) is -1.32. The van der Waals surface area contributed by atoms with Crippen molar-refractivity contribution in [3.05, 3.63) is 89.5 Å². The Balaban J connectivity index is 1.50. The van der Waals surface area contributed by atoms with Crippen LogP contribution in [-0.4, -0.2) is 49.1 Å². The number of hydrogen-bond acceptors (Lipinski definition) is 8. The van der Waals surface area contributed by atoms with E-state index in [0.717, 1.165) is 36.1 Å². The van der Waals surface area contributed by atoms with Crippen molar-refractivity contribution in [3.8, 4) is 16.9 Å². The van der Waals surface area contributed by atoms with E-state index in [1.165, 1.54) is 33.1 Å². The van der Waals surface area contributed by atoms with Gasteiger partial charge in [0.05, 0.1) is 18.8 Å². The highest BCUT2D eigenvalue weighted by Crippen LogP contribution is 2.23. The van der Waals surface area contributed by atoms with Crippen molar-refractivity contribution in [2.75, 3.05) is 13.2 Å². The number of benzene rings is 3. The Morgan fingerprint density at radius 3 is 1.70 bits per heavy atom. The van der Waals surface area contributed by atoms with Crippen LogP contribution in [0.15, 0.2) is 72.8 Å². The Morgan fingerprint density at radius 1 is 0.609 bits per heavy atom. The highest BCUT2D eigenvalue weighted by Gasteiger charge is 2.26. The molecule has 0 amide bonds. The lowest BCUT2D eigenvalue weighted by Crippen LogP contribution is -2.33. The fraction of sp³-hybridized carbons (Fsp3) is 0.421. The smallest absolute Gasteiger partial charge is 0.348 e. The predicted octanol–water partition coefficient (Wildman–Crippen LogP) is 8.00. The minimum absolute atomic E-state index is 0.0826. The number of carbonyl (C=O) groups is 4. The van der Waals surface area contributed by atoms with E-state index in [1.807, 2.05) is 38.1 Å². The zero-order chi connectivity index (χ0) is 33.5. The van der Waals surface area contributed by atoms with Gasteiger partial charge in [0, 0.05) is 11.1 Å². The van der Waals surface area contributed by atoms with Crippen LogP contribution in [0.5, 0.6) is 5.75 Å². The molecule has 46 heavy (non-hydrogen) atoms. The quantitative estimate of drug-likeness (QED) is 0.0603. The summed E-state index contributed by atoms with van der Waals surface area (Å²) in [5.41, 5.74) is 3.10. The molecule has 3 aromatic rings. The van der Waals surface area contributed by atoms with Gasteiger partial charge < -0.3 is 18.9 Å². The van der Waals surface area contributed by atoms with Crippen LogP contribution in [0.3, 0.4) is 0 Å². The average molecular weight is 631 g/mol. The maximum atomic E-state index is 13.0. The van der Waals surface area contributed by atoms with Crippen molar-refractivity contribution >= 4 is 23.7 Å². The first-order valence-electron chi connectivity index (χ1n) is 16.2. The molecule has 0 spiro atoms. The van der Waals surface area contributed by atoms with E-state index >= 15 is 0 Å². The standard InChI is InChI=1S/C38H46O8/c1-6-8-9-10-11-24-43-34-22-20-32(21-23-34)35(39)31-16-12-29(13-17-31)30-14-18-33(19-15-30)38(42)46-28(5)37(41)45-27(4)36(40)44-25-26(3)7-2/h12-23,26-28H,6-11,24-25H2,1-5H3/t26-,27-,28-/m0/s1. The lowest BCUT2D eigenvalue weighted by molar-refractivity contribution is -0.172. The molecule has 0 heterocycles. The molecule has 0 bridgehead atoms. The fourth-order valence-corrected chi connectivity index (χ4v) is 4.43. The molecule has 3 aromatic carbocycles. The van der Waals surface area contributed by atoms with Crippen LogP contribution < -0.4 is 4.74 Å². The lowest BCUT2D eigenvalue weighted by Gasteiger charge is -2.17. The maximum absolute atomic E-state index is 13.0. The van der Waals surface area contributed by atoms with E-state index in [1.54, 1.807) is 48.5 Å². The Hall–Kier alpha value is -4.46. The van der Waals surface area contributed by atoms with Gasteiger partial charge in [0.25, 0.3) is 0 Å². The molecule has 3 atom stereocenters. The van der Waals surface area contributed by atoms with Crippen LogP contribution in [-0.2, 0) is 23.8 Å². The monoisotopic (exact) mass is 630 g/mol. The van der Waals surface area contributed by atoms with Crippen molar-refractivity contribution in [3.63, 3.8) is 0 Å². The van der Waals surface area contributed by atoms with Gasteiger partial charge >= 0.3 is 17.9 Å². The van der Waals surface area contributed by atoms with Crippen molar-refractivity contribution in [2.45, 2.75) is 85.4 Å². The number of hydrogen-bond donors (Lipinski definition) is 0. The molecule has 3 rings (SSSR count). The SMILES string of the molecule is CCCCCCCOc1ccc(C(=O)c2ccc(-c3ccc(C(=O)O[C@@H](C)C(=O)O[C@@H](C)C(=O)OC[C@@H](C)CC)cc3)cc2)cc1. The molecule has 0 saturated heterocycles. The van der Waals surface area contributed by atoms with Crippen LogP contribution in [0.25, 0.3) is 11.1 Å². The van der Waals surface area contributed by atoms with Crippen molar-refractivity contribution in [1.82, 2.24) is 0 Å². The lowest BCUT2D eigenvalue weighted by atomic mass is 9.99. The molecule has 0 radical (unpaired) electrons. The molecule has 8 heteroatoms. The fourth-order valence-electron chi connectivity index (χ4n) is 4.43. The topological polar surface area (TPSA) is 105 Å². The molecule has 0 aliphatic rings. The summed E-state index contributed by atoms with van der Waals surface area (Å²) in [7, 11) is 0. The van der Waals surface area contributed by atoms with Crippen LogP contribution in [0.2, 0.25) is 0 Å². The van der Waals surface area contributed by atoms with E-state index in [-0.39, 0.29) is 23.9 Å². The van der Waals surface area contributed by atoms with Gasteiger partial charge in [-0.15, -0.1) is 0 Å². The molecule has 0 aliphatic heterocycles. The van der Waals surface area contributed by atoms with Crippen LogP contribution in [0, 0.1) is 5.92 Å². The normalized spacial score (nSPS) is 12.8. The average Bonchev–Trinajstić information content (AvgIpc) is 3.08. The number of ether oxygens (including phenoxy) is 4. The number of ketones is 1. The highest BCUT2D eigenvalue weighted by atomic mass is 16.6. The molecule has 0 unspecified atom stereocenters. The van der Waals surface area contributed by atoms with Crippen molar-refractivity contribution in [2.24, 2.45) is 5.92 Å². The Bertz CT molecular complexity index is 1410. The van der Waals surface area contributed by atoms with Crippen molar-refractivity contribution < 1.29 is 38.1 Å². The summed E-state index contributed by atoms with van der Waals surface area (Å²) in [6.45, 7) is 9.84. The third-order valence-electron chi connectivity index (χ3n) is 7.68. The third-order valence-corrected chi connectivity index (χ3v) is 7.68. The van der Waals surface area contributed by atoms with E-state index in [4.69, 9.17) is 18.9 Å². The van der Waals surface area contributed by atoms with Gasteiger partial charge in [-0.25, -0.2) is 14.4 Å². The van der Waals surface area contributed by atoms with Gasteiger partial charge in [0.15, 0.2) is 18.0 Å². The van der Waals surface area contributed by atoms with Gasteiger partial charge in [-0.2, -0.15) is 0 Å². The molecule has 246 valence electrons. The maximum Gasteiger partial charge on any atom is 0.348 e. The Kier molecular flexibility index (Phi) is 14.5. The molecule has 0 aromatic heterocycles.